The summed E-state index contributed by atoms with van der Waals surface area (Å²) in [5, 5.41) is 0. The number of halogens is 1. The number of hydrogen-bond acceptors (Lipinski definition) is 3. The van der Waals surface area contributed by atoms with Crippen LogP contribution in [0, 0.1) is 0 Å². The minimum Gasteiger partial charge on any atom is -0.496 e. The van der Waals surface area contributed by atoms with Gasteiger partial charge in [0.2, 0.25) is 0 Å². The lowest BCUT2D eigenvalue weighted by Crippen LogP contribution is -2.22. The average molecular weight is 288 g/mol. The predicted octanol–water partition coefficient (Wildman–Crippen LogP) is 2.54. The molecule has 0 aliphatic heterocycles. The maximum atomic E-state index is 5.33. The molecule has 90 valence electrons. The van der Waals surface area contributed by atoms with Crippen molar-refractivity contribution in [3.05, 3.63) is 28.2 Å². The molecule has 3 nitrogen and oxygen atoms in total. The summed E-state index contributed by atoms with van der Waals surface area (Å²) in [7, 11) is 5.48. The zero-order chi connectivity index (χ0) is 12.0. The van der Waals surface area contributed by atoms with Crippen molar-refractivity contribution in [2.24, 2.45) is 0 Å². The van der Waals surface area contributed by atoms with E-state index in [1.807, 2.05) is 12.1 Å². The van der Waals surface area contributed by atoms with Crippen LogP contribution in [-0.4, -0.2) is 39.3 Å². The topological polar surface area (TPSA) is 21.7 Å². The molecule has 1 aromatic rings. The van der Waals surface area contributed by atoms with Gasteiger partial charge in [0.15, 0.2) is 0 Å². The number of methoxy groups -OCH3 is 2. The molecule has 0 aliphatic carbocycles. The van der Waals surface area contributed by atoms with Gasteiger partial charge < -0.3 is 9.47 Å². The van der Waals surface area contributed by atoms with Crippen molar-refractivity contribution < 1.29 is 9.47 Å². The van der Waals surface area contributed by atoms with Gasteiger partial charge >= 0.3 is 0 Å². The molecule has 0 bridgehead atoms. The van der Waals surface area contributed by atoms with Gasteiger partial charge in [-0.2, -0.15) is 0 Å². The molecular weight excluding hydrogens is 270 g/mol. The number of ether oxygens (including phenoxy) is 2. The zero-order valence-corrected chi connectivity index (χ0v) is 11.6. The van der Waals surface area contributed by atoms with Crippen LogP contribution in [0.4, 0.5) is 0 Å². The van der Waals surface area contributed by atoms with Crippen LogP contribution in [-0.2, 0) is 11.3 Å². The van der Waals surface area contributed by atoms with Gasteiger partial charge in [-0.3, -0.25) is 4.90 Å². The molecule has 0 aromatic heterocycles. The Hall–Kier alpha value is -0.580. The second kappa shape index (κ2) is 6.89. The van der Waals surface area contributed by atoms with E-state index in [0.717, 1.165) is 29.9 Å². The largest absolute Gasteiger partial charge is 0.496 e. The fraction of sp³-hybridized carbons (Fsp3) is 0.500. The highest BCUT2D eigenvalue weighted by atomic mass is 79.9. The zero-order valence-electron chi connectivity index (χ0n) is 10.00. The van der Waals surface area contributed by atoms with E-state index in [2.05, 4.69) is 33.9 Å². The van der Waals surface area contributed by atoms with E-state index in [9.17, 15) is 0 Å². The van der Waals surface area contributed by atoms with E-state index in [4.69, 9.17) is 9.47 Å². The van der Waals surface area contributed by atoms with Crippen molar-refractivity contribution in [3.63, 3.8) is 0 Å². The Kier molecular flexibility index (Phi) is 5.80. The lowest BCUT2D eigenvalue weighted by molar-refractivity contribution is 0.158. The highest BCUT2D eigenvalue weighted by Gasteiger charge is 2.06. The Balaban J connectivity index is 2.67. The monoisotopic (exact) mass is 287 g/mol. The van der Waals surface area contributed by atoms with Crippen LogP contribution in [0.1, 0.15) is 5.56 Å². The predicted molar refractivity (Wildman–Crippen MR) is 68.9 cm³/mol. The molecule has 0 aliphatic rings. The third-order valence-corrected chi connectivity index (χ3v) is 2.85. The van der Waals surface area contributed by atoms with Gasteiger partial charge in [-0.1, -0.05) is 15.9 Å². The van der Waals surface area contributed by atoms with Gasteiger partial charge in [-0.05, 0) is 25.2 Å². The van der Waals surface area contributed by atoms with Gasteiger partial charge in [0.1, 0.15) is 5.75 Å². The molecule has 0 spiro atoms. The minimum atomic E-state index is 0.743. The van der Waals surface area contributed by atoms with Gasteiger partial charge in [-0.15, -0.1) is 0 Å². The smallest absolute Gasteiger partial charge is 0.123 e. The fourth-order valence-corrected chi connectivity index (χ4v) is 1.90. The van der Waals surface area contributed by atoms with Gasteiger partial charge in [0.05, 0.1) is 13.7 Å². The van der Waals surface area contributed by atoms with Crippen molar-refractivity contribution in [1.82, 2.24) is 4.90 Å². The van der Waals surface area contributed by atoms with Crippen LogP contribution >= 0.6 is 15.9 Å². The molecule has 0 N–H and O–H groups in total. The Morgan fingerprint density at radius 1 is 1.31 bits per heavy atom. The Morgan fingerprint density at radius 3 is 2.69 bits per heavy atom. The van der Waals surface area contributed by atoms with Crippen LogP contribution in [0.15, 0.2) is 22.7 Å². The van der Waals surface area contributed by atoms with Crippen molar-refractivity contribution >= 4 is 15.9 Å². The number of nitrogens with zero attached hydrogens (tertiary/aromatic N) is 1. The van der Waals surface area contributed by atoms with Crippen LogP contribution < -0.4 is 4.74 Å². The molecule has 0 fully saturated rings. The maximum Gasteiger partial charge on any atom is 0.123 e. The molecule has 16 heavy (non-hydrogen) atoms. The van der Waals surface area contributed by atoms with Crippen molar-refractivity contribution in [1.29, 1.82) is 0 Å². The van der Waals surface area contributed by atoms with Crippen molar-refractivity contribution in [2.45, 2.75) is 6.54 Å². The third-order valence-electron chi connectivity index (χ3n) is 2.36. The molecule has 0 atom stereocenters. The first kappa shape index (κ1) is 13.5. The first-order valence-electron chi connectivity index (χ1n) is 5.17. The van der Waals surface area contributed by atoms with Crippen LogP contribution in [0.2, 0.25) is 0 Å². The van der Waals surface area contributed by atoms with E-state index in [-0.39, 0.29) is 0 Å². The lowest BCUT2D eigenvalue weighted by Gasteiger charge is -2.18. The van der Waals surface area contributed by atoms with E-state index in [1.54, 1.807) is 14.2 Å². The first-order valence-corrected chi connectivity index (χ1v) is 5.96. The quantitative estimate of drug-likeness (QED) is 0.803. The fourth-order valence-electron chi connectivity index (χ4n) is 1.49. The highest BCUT2D eigenvalue weighted by molar-refractivity contribution is 9.10. The molecule has 1 rings (SSSR count). The summed E-state index contributed by atoms with van der Waals surface area (Å²) < 4.78 is 11.4. The Labute approximate surface area is 105 Å². The van der Waals surface area contributed by atoms with Crippen molar-refractivity contribution in [2.75, 3.05) is 34.4 Å². The molecule has 0 saturated heterocycles. The van der Waals surface area contributed by atoms with Gasteiger partial charge in [0, 0.05) is 30.2 Å². The van der Waals surface area contributed by atoms with E-state index in [0.29, 0.717) is 0 Å². The lowest BCUT2D eigenvalue weighted by atomic mass is 10.2. The number of hydrogen-bond donors (Lipinski definition) is 0. The minimum absolute atomic E-state index is 0.743. The van der Waals surface area contributed by atoms with Gasteiger partial charge in [-0.25, -0.2) is 0 Å². The molecule has 0 heterocycles. The summed E-state index contributed by atoms with van der Waals surface area (Å²) in [5.74, 6) is 0.924. The van der Waals surface area contributed by atoms with Crippen LogP contribution in [0.3, 0.4) is 0 Å². The van der Waals surface area contributed by atoms with E-state index < -0.39 is 0 Å². The summed E-state index contributed by atoms with van der Waals surface area (Å²) in [6, 6.07) is 6.04. The van der Waals surface area contributed by atoms with Crippen molar-refractivity contribution in [3.8, 4) is 5.75 Å². The van der Waals surface area contributed by atoms with Crippen LogP contribution in [0.25, 0.3) is 0 Å². The molecule has 4 heteroatoms. The number of rotatable bonds is 6. The standard InChI is InChI=1S/C12H18BrNO2/c1-14(6-7-15-2)9-10-8-11(13)4-5-12(10)16-3/h4-5,8H,6-7,9H2,1-3H3. The summed E-state index contributed by atoms with van der Waals surface area (Å²) in [6.45, 7) is 2.50. The second-order valence-corrected chi connectivity index (χ2v) is 4.60. The molecular formula is C12H18BrNO2. The number of likely N-dealkylation sites (N-methyl/N-ethyl adjacent to an activating group) is 1. The third kappa shape index (κ3) is 4.12. The molecule has 0 radical (unpaired) electrons. The summed E-state index contributed by atoms with van der Waals surface area (Å²) >= 11 is 3.47. The van der Waals surface area contributed by atoms with Gasteiger partial charge in [0.25, 0.3) is 0 Å². The molecule has 0 amide bonds. The highest BCUT2D eigenvalue weighted by Crippen LogP contribution is 2.23. The van der Waals surface area contributed by atoms with Crippen LogP contribution in [0.5, 0.6) is 5.75 Å². The second-order valence-electron chi connectivity index (χ2n) is 3.69. The SMILES string of the molecule is COCCN(C)Cc1cc(Br)ccc1OC. The molecule has 1 aromatic carbocycles. The van der Waals surface area contributed by atoms with E-state index in [1.165, 1.54) is 5.56 Å². The summed E-state index contributed by atoms with van der Waals surface area (Å²) in [6.07, 6.45) is 0. The normalized spacial score (nSPS) is 10.8. The Bertz CT molecular complexity index is 331. The number of benzene rings is 1. The maximum absolute atomic E-state index is 5.33. The molecule has 0 saturated carbocycles. The molecule has 0 unspecified atom stereocenters. The summed E-state index contributed by atoms with van der Waals surface area (Å²) in [4.78, 5) is 2.20. The Morgan fingerprint density at radius 2 is 2.06 bits per heavy atom. The average Bonchev–Trinajstić information content (AvgIpc) is 2.27. The van der Waals surface area contributed by atoms with E-state index >= 15 is 0 Å². The first-order chi connectivity index (χ1) is 7.67. The summed E-state index contributed by atoms with van der Waals surface area (Å²) in [5.41, 5.74) is 1.18.